The molecule has 0 bridgehead atoms. The largest absolute Gasteiger partial charge is 0.322 e. The normalized spacial score (nSPS) is 11.0. The van der Waals surface area contributed by atoms with Crippen molar-refractivity contribution < 1.29 is 4.79 Å². The Morgan fingerprint density at radius 2 is 1.46 bits per heavy atom. The number of benzene rings is 3. The number of aryl methyl sites for hydroxylation is 4. The molecule has 0 spiro atoms. The Labute approximate surface area is 164 Å². The van der Waals surface area contributed by atoms with Gasteiger partial charge in [-0.1, -0.05) is 23.8 Å². The first kappa shape index (κ1) is 17.9. The van der Waals surface area contributed by atoms with Gasteiger partial charge in [0.15, 0.2) is 0 Å². The summed E-state index contributed by atoms with van der Waals surface area (Å²) in [7, 11) is 0. The summed E-state index contributed by atoms with van der Waals surface area (Å²) in [6.07, 6.45) is 0. The molecule has 3 aromatic carbocycles. The molecule has 0 aliphatic heterocycles. The zero-order valence-corrected chi connectivity index (χ0v) is 16.4. The van der Waals surface area contributed by atoms with E-state index in [2.05, 4.69) is 15.5 Å². The summed E-state index contributed by atoms with van der Waals surface area (Å²) in [6.45, 7) is 8.05. The molecule has 140 valence electrons. The van der Waals surface area contributed by atoms with E-state index in [1.54, 1.807) is 4.80 Å². The average Bonchev–Trinajstić information content (AvgIpc) is 3.07. The highest BCUT2D eigenvalue weighted by Gasteiger charge is 2.12. The van der Waals surface area contributed by atoms with Crippen LogP contribution in [0.4, 0.5) is 5.69 Å². The second kappa shape index (κ2) is 6.93. The van der Waals surface area contributed by atoms with Gasteiger partial charge in [0.1, 0.15) is 11.0 Å². The van der Waals surface area contributed by atoms with E-state index in [1.807, 2.05) is 82.3 Å². The van der Waals surface area contributed by atoms with Crippen LogP contribution in [-0.2, 0) is 0 Å². The molecule has 1 N–H and O–H groups in total. The van der Waals surface area contributed by atoms with Crippen molar-refractivity contribution in [1.29, 1.82) is 0 Å². The van der Waals surface area contributed by atoms with Crippen molar-refractivity contribution in [3.05, 3.63) is 82.4 Å². The van der Waals surface area contributed by atoms with Gasteiger partial charge in [0.25, 0.3) is 5.91 Å². The highest BCUT2D eigenvalue weighted by molar-refractivity contribution is 6.05. The number of aromatic nitrogens is 3. The average molecular weight is 370 g/mol. The van der Waals surface area contributed by atoms with Gasteiger partial charge < -0.3 is 5.32 Å². The van der Waals surface area contributed by atoms with E-state index in [0.29, 0.717) is 5.56 Å². The lowest BCUT2D eigenvalue weighted by molar-refractivity contribution is 0.102. The molecule has 5 heteroatoms. The minimum atomic E-state index is -0.128. The van der Waals surface area contributed by atoms with Gasteiger partial charge in [-0.25, -0.2) is 0 Å². The number of anilines is 1. The van der Waals surface area contributed by atoms with Crippen molar-refractivity contribution in [2.45, 2.75) is 27.7 Å². The molecule has 0 atom stereocenters. The number of amides is 1. The van der Waals surface area contributed by atoms with Crippen molar-refractivity contribution in [3.8, 4) is 5.69 Å². The van der Waals surface area contributed by atoms with E-state index in [1.165, 1.54) is 11.1 Å². The van der Waals surface area contributed by atoms with Crippen LogP contribution in [0.1, 0.15) is 32.6 Å². The van der Waals surface area contributed by atoms with Crippen molar-refractivity contribution in [2.75, 3.05) is 5.32 Å². The van der Waals surface area contributed by atoms with E-state index in [0.717, 1.165) is 33.5 Å². The zero-order valence-electron chi connectivity index (χ0n) is 16.4. The van der Waals surface area contributed by atoms with E-state index in [4.69, 9.17) is 0 Å². The molecule has 5 nitrogen and oxygen atoms in total. The molecule has 0 saturated carbocycles. The zero-order chi connectivity index (χ0) is 19.8. The highest BCUT2D eigenvalue weighted by atomic mass is 16.1. The summed E-state index contributed by atoms with van der Waals surface area (Å²) in [5.74, 6) is -0.128. The number of hydrogen-bond acceptors (Lipinski definition) is 3. The Morgan fingerprint density at radius 3 is 2.14 bits per heavy atom. The van der Waals surface area contributed by atoms with Crippen LogP contribution in [0.5, 0.6) is 0 Å². The Bertz CT molecular complexity index is 1190. The summed E-state index contributed by atoms with van der Waals surface area (Å²) >= 11 is 0. The summed E-state index contributed by atoms with van der Waals surface area (Å²) in [4.78, 5) is 14.3. The Balaban J connectivity index is 1.65. The van der Waals surface area contributed by atoms with E-state index in [-0.39, 0.29) is 5.91 Å². The fourth-order valence-electron chi connectivity index (χ4n) is 3.07. The van der Waals surface area contributed by atoms with Gasteiger partial charge in [0.2, 0.25) is 0 Å². The van der Waals surface area contributed by atoms with Crippen molar-refractivity contribution in [3.63, 3.8) is 0 Å². The van der Waals surface area contributed by atoms with Gasteiger partial charge in [-0.05, 0) is 80.8 Å². The van der Waals surface area contributed by atoms with Gasteiger partial charge in [0.05, 0.1) is 5.69 Å². The molecule has 4 rings (SSSR count). The number of fused-ring (bicyclic) bond motifs is 1. The third-order valence-corrected chi connectivity index (χ3v) is 5.01. The molecular weight excluding hydrogens is 348 g/mol. The maximum Gasteiger partial charge on any atom is 0.255 e. The summed E-state index contributed by atoms with van der Waals surface area (Å²) in [5.41, 5.74) is 8.22. The fourth-order valence-corrected chi connectivity index (χ4v) is 3.07. The number of carbonyl (C=O) groups is 1. The van der Waals surface area contributed by atoms with Gasteiger partial charge in [-0.3, -0.25) is 4.79 Å². The van der Waals surface area contributed by atoms with Crippen LogP contribution in [0.15, 0.2) is 54.6 Å². The summed E-state index contributed by atoms with van der Waals surface area (Å²) in [6, 6.07) is 17.6. The maximum atomic E-state index is 12.7. The lowest BCUT2D eigenvalue weighted by Gasteiger charge is -2.09. The van der Waals surface area contributed by atoms with Gasteiger partial charge in [-0.15, -0.1) is 10.2 Å². The van der Waals surface area contributed by atoms with Gasteiger partial charge in [-0.2, -0.15) is 4.80 Å². The van der Waals surface area contributed by atoms with Crippen molar-refractivity contribution >= 4 is 22.6 Å². The minimum Gasteiger partial charge on any atom is -0.322 e. The molecule has 4 aromatic rings. The molecule has 28 heavy (non-hydrogen) atoms. The molecule has 0 radical (unpaired) electrons. The van der Waals surface area contributed by atoms with Crippen LogP contribution in [0.25, 0.3) is 16.7 Å². The third kappa shape index (κ3) is 3.39. The second-order valence-electron chi connectivity index (χ2n) is 7.23. The van der Waals surface area contributed by atoms with E-state index < -0.39 is 0 Å². The first-order chi connectivity index (χ1) is 13.4. The standard InChI is InChI=1S/C23H22N4O/c1-14-5-9-19(10-6-14)27-25-21-12-17(4)20(13-22(21)26-27)24-23(28)18-8-7-15(2)16(3)11-18/h5-13H,1-4H3,(H,24,28). The van der Waals surface area contributed by atoms with E-state index in [9.17, 15) is 4.79 Å². The lowest BCUT2D eigenvalue weighted by Crippen LogP contribution is -2.13. The van der Waals surface area contributed by atoms with Crippen molar-refractivity contribution in [1.82, 2.24) is 15.0 Å². The van der Waals surface area contributed by atoms with Crippen LogP contribution >= 0.6 is 0 Å². The summed E-state index contributed by atoms with van der Waals surface area (Å²) < 4.78 is 0. The molecule has 1 aromatic heterocycles. The molecule has 0 aliphatic carbocycles. The number of rotatable bonds is 3. The topological polar surface area (TPSA) is 59.8 Å². The minimum absolute atomic E-state index is 0.128. The number of nitrogens with one attached hydrogen (secondary N) is 1. The number of hydrogen-bond donors (Lipinski definition) is 1. The molecule has 1 heterocycles. The SMILES string of the molecule is Cc1ccc(-n2nc3cc(C)c(NC(=O)c4ccc(C)c(C)c4)cc3n2)cc1. The van der Waals surface area contributed by atoms with Crippen LogP contribution in [0, 0.1) is 27.7 Å². The van der Waals surface area contributed by atoms with Crippen molar-refractivity contribution in [2.24, 2.45) is 0 Å². The Kier molecular flexibility index (Phi) is 4.43. The van der Waals surface area contributed by atoms with E-state index >= 15 is 0 Å². The Hall–Kier alpha value is -3.47. The molecule has 0 saturated heterocycles. The molecular formula is C23H22N4O. The van der Waals surface area contributed by atoms with Crippen LogP contribution in [0.2, 0.25) is 0 Å². The monoisotopic (exact) mass is 370 g/mol. The fraction of sp³-hybridized carbons (Fsp3) is 0.174. The smallest absolute Gasteiger partial charge is 0.255 e. The predicted octanol–water partition coefficient (Wildman–Crippen LogP) is 4.91. The molecule has 0 unspecified atom stereocenters. The van der Waals surface area contributed by atoms with Crippen LogP contribution < -0.4 is 5.32 Å². The van der Waals surface area contributed by atoms with Gasteiger partial charge in [0, 0.05) is 11.3 Å². The first-order valence-corrected chi connectivity index (χ1v) is 9.24. The highest BCUT2D eigenvalue weighted by Crippen LogP contribution is 2.23. The number of nitrogens with zero attached hydrogens (tertiary/aromatic N) is 3. The van der Waals surface area contributed by atoms with Gasteiger partial charge >= 0.3 is 0 Å². The van der Waals surface area contributed by atoms with Crippen LogP contribution in [0.3, 0.4) is 0 Å². The third-order valence-electron chi connectivity index (χ3n) is 5.01. The first-order valence-electron chi connectivity index (χ1n) is 9.24. The molecule has 0 fully saturated rings. The predicted molar refractivity (Wildman–Crippen MR) is 112 cm³/mol. The molecule has 0 aliphatic rings. The number of carbonyl (C=O) groups excluding carboxylic acids is 1. The quantitative estimate of drug-likeness (QED) is 0.558. The maximum absolute atomic E-state index is 12.7. The molecule has 1 amide bonds. The lowest BCUT2D eigenvalue weighted by atomic mass is 10.1. The van der Waals surface area contributed by atoms with Crippen LogP contribution in [-0.4, -0.2) is 20.9 Å². The Morgan fingerprint density at radius 1 is 0.786 bits per heavy atom. The summed E-state index contributed by atoms with van der Waals surface area (Å²) in [5, 5.41) is 12.1. The second-order valence-corrected chi connectivity index (χ2v) is 7.23.